The molecule has 0 spiro atoms. The molecule has 0 saturated heterocycles. The van der Waals surface area contributed by atoms with Crippen LogP contribution >= 0.6 is 0 Å². The zero-order chi connectivity index (χ0) is 13.0. The minimum absolute atomic E-state index is 0.270. The zero-order valence-electron chi connectivity index (χ0n) is 10.9. The first-order valence-electron chi connectivity index (χ1n) is 6.43. The van der Waals surface area contributed by atoms with Crippen molar-refractivity contribution in [1.29, 1.82) is 0 Å². The third-order valence-corrected chi connectivity index (χ3v) is 3.42. The maximum atomic E-state index is 11.5. The molecule has 0 amide bonds. The van der Waals surface area contributed by atoms with Gasteiger partial charge in [0.15, 0.2) is 5.69 Å². The molecule has 1 fully saturated rings. The van der Waals surface area contributed by atoms with E-state index < -0.39 is 5.97 Å². The summed E-state index contributed by atoms with van der Waals surface area (Å²) >= 11 is 0. The molecule has 98 valence electrons. The lowest BCUT2D eigenvalue weighted by atomic mass is 10.2. The molecule has 1 saturated carbocycles. The van der Waals surface area contributed by atoms with Gasteiger partial charge in [-0.15, -0.1) is 0 Å². The summed E-state index contributed by atoms with van der Waals surface area (Å²) in [5.41, 5.74) is 0.270. The average Bonchev–Trinajstić information content (AvgIpc) is 2.93. The van der Waals surface area contributed by atoms with Crippen LogP contribution in [0.5, 0.6) is 0 Å². The standard InChI is InChI=1S/C13H19N3O2/c1-3-16(10-6-4-5-7-10)12-9-14-8-11(15-12)13(17)18-2/h8-10H,3-7H2,1-2H3. The van der Waals surface area contributed by atoms with Crippen LogP contribution in [0.25, 0.3) is 0 Å². The number of hydrogen-bond acceptors (Lipinski definition) is 5. The Morgan fingerprint density at radius 3 is 2.78 bits per heavy atom. The Bertz CT molecular complexity index is 416. The lowest BCUT2D eigenvalue weighted by molar-refractivity contribution is 0.0593. The molecule has 0 aromatic carbocycles. The summed E-state index contributed by atoms with van der Waals surface area (Å²) in [6.45, 7) is 2.98. The van der Waals surface area contributed by atoms with Gasteiger partial charge in [-0.1, -0.05) is 12.8 Å². The number of esters is 1. The van der Waals surface area contributed by atoms with E-state index in [4.69, 9.17) is 0 Å². The number of methoxy groups -OCH3 is 1. The zero-order valence-corrected chi connectivity index (χ0v) is 10.9. The van der Waals surface area contributed by atoms with Gasteiger partial charge in [0.05, 0.1) is 19.5 Å². The normalized spacial score (nSPS) is 15.7. The maximum absolute atomic E-state index is 11.5. The summed E-state index contributed by atoms with van der Waals surface area (Å²) in [6.07, 6.45) is 8.08. The molecule has 1 aliphatic rings. The molecule has 5 heteroatoms. The average molecular weight is 249 g/mol. The predicted octanol–water partition coefficient (Wildman–Crippen LogP) is 2.03. The Labute approximate surface area is 107 Å². The molecule has 1 heterocycles. The van der Waals surface area contributed by atoms with Crippen molar-refractivity contribution in [1.82, 2.24) is 9.97 Å². The molecule has 0 unspecified atom stereocenters. The fourth-order valence-corrected chi connectivity index (χ4v) is 2.52. The minimum Gasteiger partial charge on any atom is -0.464 e. The van der Waals surface area contributed by atoms with E-state index in [9.17, 15) is 4.79 Å². The summed E-state index contributed by atoms with van der Waals surface area (Å²) in [7, 11) is 1.35. The van der Waals surface area contributed by atoms with E-state index in [2.05, 4.69) is 26.5 Å². The lowest BCUT2D eigenvalue weighted by Gasteiger charge is -2.28. The molecule has 0 radical (unpaired) electrons. The predicted molar refractivity (Wildman–Crippen MR) is 68.6 cm³/mol. The Morgan fingerprint density at radius 1 is 1.44 bits per heavy atom. The number of rotatable bonds is 4. The molecule has 0 atom stereocenters. The monoisotopic (exact) mass is 249 g/mol. The first-order chi connectivity index (χ1) is 8.76. The first kappa shape index (κ1) is 12.8. The summed E-state index contributed by atoms with van der Waals surface area (Å²) in [5, 5.41) is 0. The Kier molecular flexibility index (Phi) is 4.12. The summed E-state index contributed by atoms with van der Waals surface area (Å²) in [4.78, 5) is 22.1. The molecule has 5 nitrogen and oxygen atoms in total. The van der Waals surface area contributed by atoms with Crippen molar-refractivity contribution >= 4 is 11.8 Å². The fourth-order valence-electron chi connectivity index (χ4n) is 2.52. The maximum Gasteiger partial charge on any atom is 0.358 e. The second-order valence-corrected chi connectivity index (χ2v) is 4.48. The van der Waals surface area contributed by atoms with Gasteiger partial charge in [0.2, 0.25) is 0 Å². The number of nitrogens with zero attached hydrogens (tertiary/aromatic N) is 3. The minimum atomic E-state index is -0.438. The SMILES string of the molecule is CCN(c1cncc(C(=O)OC)n1)C1CCCC1. The molecule has 0 bridgehead atoms. The van der Waals surface area contributed by atoms with E-state index in [0.29, 0.717) is 6.04 Å². The molecule has 2 rings (SSSR count). The topological polar surface area (TPSA) is 55.3 Å². The molecule has 18 heavy (non-hydrogen) atoms. The second-order valence-electron chi connectivity index (χ2n) is 4.48. The van der Waals surface area contributed by atoms with Crippen LogP contribution in [0.4, 0.5) is 5.82 Å². The summed E-state index contributed by atoms with van der Waals surface area (Å²) < 4.78 is 4.67. The highest BCUT2D eigenvalue weighted by Gasteiger charge is 2.23. The van der Waals surface area contributed by atoms with Crippen molar-refractivity contribution in [3.05, 3.63) is 18.1 Å². The van der Waals surface area contributed by atoms with Gasteiger partial charge in [0.1, 0.15) is 5.82 Å². The van der Waals surface area contributed by atoms with E-state index in [1.807, 2.05) is 0 Å². The van der Waals surface area contributed by atoms with Crippen molar-refractivity contribution in [3.8, 4) is 0 Å². The van der Waals surface area contributed by atoms with E-state index in [1.165, 1.54) is 39.0 Å². The molecule has 0 aliphatic heterocycles. The van der Waals surface area contributed by atoms with Crippen LogP contribution in [0.2, 0.25) is 0 Å². The van der Waals surface area contributed by atoms with Gasteiger partial charge < -0.3 is 9.64 Å². The van der Waals surface area contributed by atoms with Crippen LogP contribution in [0.3, 0.4) is 0 Å². The fraction of sp³-hybridized carbons (Fsp3) is 0.615. The summed E-state index contributed by atoms with van der Waals surface area (Å²) in [5.74, 6) is 0.333. The van der Waals surface area contributed by atoms with Crippen molar-refractivity contribution in [2.24, 2.45) is 0 Å². The third kappa shape index (κ3) is 2.60. The Hall–Kier alpha value is -1.65. The number of carbonyl (C=O) groups is 1. The Morgan fingerprint density at radius 2 is 2.17 bits per heavy atom. The van der Waals surface area contributed by atoms with Crippen molar-refractivity contribution in [2.75, 3.05) is 18.6 Å². The highest BCUT2D eigenvalue weighted by molar-refractivity contribution is 5.87. The van der Waals surface area contributed by atoms with Crippen LogP contribution in [-0.2, 0) is 4.74 Å². The molecule has 1 aliphatic carbocycles. The largest absolute Gasteiger partial charge is 0.464 e. The van der Waals surface area contributed by atoms with Gasteiger partial charge in [-0.25, -0.2) is 9.78 Å². The van der Waals surface area contributed by atoms with Crippen LogP contribution in [0.1, 0.15) is 43.1 Å². The number of carbonyl (C=O) groups excluding carboxylic acids is 1. The van der Waals surface area contributed by atoms with Gasteiger partial charge >= 0.3 is 5.97 Å². The van der Waals surface area contributed by atoms with E-state index >= 15 is 0 Å². The van der Waals surface area contributed by atoms with E-state index in [1.54, 1.807) is 6.20 Å². The van der Waals surface area contributed by atoms with E-state index in [-0.39, 0.29) is 5.69 Å². The number of anilines is 1. The molecule has 0 N–H and O–H groups in total. The number of hydrogen-bond donors (Lipinski definition) is 0. The number of ether oxygens (including phenoxy) is 1. The van der Waals surface area contributed by atoms with Crippen molar-refractivity contribution in [3.63, 3.8) is 0 Å². The highest BCUT2D eigenvalue weighted by atomic mass is 16.5. The van der Waals surface area contributed by atoms with Crippen molar-refractivity contribution in [2.45, 2.75) is 38.6 Å². The van der Waals surface area contributed by atoms with Gasteiger partial charge in [-0.2, -0.15) is 0 Å². The van der Waals surface area contributed by atoms with Gasteiger partial charge in [0, 0.05) is 12.6 Å². The van der Waals surface area contributed by atoms with Gasteiger partial charge in [0.25, 0.3) is 0 Å². The van der Waals surface area contributed by atoms with Gasteiger partial charge in [-0.3, -0.25) is 4.98 Å². The quantitative estimate of drug-likeness (QED) is 0.764. The van der Waals surface area contributed by atoms with Crippen molar-refractivity contribution < 1.29 is 9.53 Å². The smallest absolute Gasteiger partial charge is 0.358 e. The van der Waals surface area contributed by atoms with Crippen LogP contribution < -0.4 is 4.90 Å². The van der Waals surface area contributed by atoms with Crippen LogP contribution in [0, 0.1) is 0 Å². The second kappa shape index (κ2) is 5.80. The number of aromatic nitrogens is 2. The highest BCUT2D eigenvalue weighted by Crippen LogP contribution is 2.26. The van der Waals surface area contributed by atoms with Crippen LogP contribution in [-0.4, -0.2) is 35.6 Å². The summed E-state index contributed by atoms with van der Waals surface area (Å²) in [6, 6.07) is 0.525. The molecule has 1 aromatic rings. The van der Waals surface area contributed by atoms with Crippen LogP contribution in [0.15, 0.2) is 12.4 Å². The molecular formula is C13H19N3O2. The first-order valence-corrected chi connectivity index (χ1v) is 6.43. The molecular weight excluding hydrogens is 230 g/mol. The lowest BCUT2D eigenvalue weighted by Crippen LogP contribution is -2.34. The molecule has 1 aromatic heterocycles. The Balaban J connectivity index is 2.22. The van der Waals surface area contributed by atoms with E-state index in [0.717, 1.165) is 12.4 Å². The third-order valence-electron chi connectivity index (χ3n) is 3.42. The van der Waals surface area contributed by atoms with Gasteiger partial charge in [-0.05, 0) is 19.8 Å².